The minimum absolute atomic E-state index is 0.0137. The molecule has 2 rings (SSSR count). The highest BCUT2D eigenvalue weighted by molar-refractivity contribution is 5.94. The monoisotopic (exact) mass is 217 g/mol. The van der Waals surface area contributed by atoms with E-state index in [0.717, 1.165) is 16.8 Å². The zero-order chi connectivity index (χ0) is 11.7. The number of aromatic nitrogens is 1. The van der Waals surface area contributed by atoms with E-state index in [0.29, 0.717) is 5.69 Å². The fourth-order valence-electron chi connectivity index (χ4n) is 1.74. The van der Waals surface area contributed by atoms with Crippen LogP contribution in [0.15, 0.2) is 30.3 Å². The number of ketones is 1. The molecule has 0 saturated heterocycles. The summed E-state index contributed by atoms with van der Waals surface area (Å²) < 4.78 is 13.0. The molecule has 0 aliphatic carbocycles. The number of nitrogens with one attached hydrogen (secondary N) is 1. The van der Waals surface area contributed by atoms with Gasteiger partial charge in [-0.25, -0.2) is 4.39 Å². The van der Waals surface area contributed by atoms with Gasteiger partial charge in [-0.2, -0.15) is 0 Å². The molecule has 0 saturated carbocycles. The molecule has 2 aromatic rings. The highest BCUT2D eigenvalue weighted by Crippen LogP contribution is 2.22. The lowest BCUT2D eigenvalue weighted by molar-refractivity contribution is 0.101. The van der Waals surface area contributed by atoms with Gasteiger partial charge in [-0.15, -0.1) is 0 Å². The van der Waals surface area contributed by atoms with Crippen LogP contribution >= 0.6 is 0 Å². The van der Waals surface area contributed by atoms with Gasteiger partial charge in [0, 0.05) is 18.2 Å². The van der Waals surface area contributed by atoms with E-state index in [4.69, 9.17) is 0 Å². The van der Waals surface area contributed by atoms with Crippen LogP contribution in [0.4, 0.5) is 4.39 Å². The van der Waals surface area contributed by atoms with E-state index in [1.54, 1.807) is 12.1 Å². The maximum atomic E-state index is 13.0. The summed E-state index contributed by atoms with van der Waals surface area (Å²) in [6.07, 6.45) is 0. The first-order valence-electron chi connectivity index (χ1n) is 5.04. The van der Waals surface area contributed by atoms with Crippen LogP contribution < -0.4 is 0 Å². The van der Waals surface area contributed by atoms with Gasteiger partial charge in [-0.1, -0.05) is 12.1 Å². The molecule has 0 aliphatic heterocycles. The molecule has 2 nitrogen and oxygen atoms in total. The third-order valence-electron chi connectivity index (χ3n) is 2.50. The molecule has 3 heteroatoms. The molecule has 0 spiro atoms. The van der Waals surface area contributed by atoms with Crippen molar-refractivity contribution in [1.82, 2.24) is 4.98 Å². The van der Waals surface area contributed by atoms with Crippen molar-refractivity contribution in [3.8, 4) is 11.3 Å². The number of halogens is 1. The van der Waals surface area contributed by atoms with Gasteiger partial charge < -0.3 is 4.98 Å². The predicted octanol–water partition coefficient (Wildman–Crippen LogP) is 3.33. The lowest BCUT2D eigenvalue weighted by atomic mass is 10.1. The summed E-state index contributed by atoms with van der Waals surface area (Å²) in [4.78, 5) is 14.3. The summed E-state index contributed by atoms with van der Waals surface area (Å²) >= 11 is 0. The number of rotatable bonds is 2. The molecule has 0 unspecified atom stereocenters. The molecule has 0 atom stereocenters. The summed E-state index contributed by atoms with van der Waals surface area (Å²) in [5, 5.41) is 0. The highest BCUT2D eigenvalue weighted by atomic mass is 19.1. The van der Waals surface area contributed by atoms with Gasteiger partial charge in [0.25, 0.3) is 0 Å². The lowest BCUT2D eigenvalue weighted by Crippen LogP contribution is -1.94. The average Bonchev–Trinajstić information content (AvgIpc) is 2.60. The average molecular weight is 217 g/mol. The van der Waals surface area contributed by atoms with Gasteiger partial charge in [0.2, 0.25) is 0 Å². The summed E-state index contributed by atoms with van der Waals surface area (Å²) in [5.41, 5.74) is 2.98. The van der Waals surface area contributed by atoms with Crippen molar-refractivity contribution in [1.29, 1.82) is 0 Å². The number of hydrogen-bond donors (Lipinski definition) is 1. The number of Topliss-reactive ketones (excluding diaryl/α,β-unsaturated/α-hetero) is 1. The van der Waals surface area contributed by atoms with Gasteiger partial charge in [-0.05, 0) is 30.7 Å². The Kier molecular flexibility index (Phi) is 2.60. The molecule has 16 heavy (non-hydrogen) atoms. The molecule has 0 radical (unpaired) electrons. The van der Waals surface area contributed by atoms with Crippen molar-refractivity contribution in [2.24, 2.45) is 0 Å². The maximum absolute atomic E-state index is 13.0. The van der Waals surface area contributed by atoms with Crippen LogP contribution in [0.1, 0.15) is 23.0 Å². The topological polar surface area (TPSA) is 32.9 Å². The van der Waals surface area contributed by atoms with Crippen molar-refractivity contribution in [3.05, 3.63) is 47.4 Å². The number of benzene rings is 1. The normalized spacial score (nSPS) is 10.4. The largest absolute Gasteiger partial charge is 0.352 e. The molecule has 0 aliphatic rings. The van der Waals surface area contributed by atoms with Crippen LogP contribution in [-0.2, 0) is 0 Å². The second-order valence-electron chi connectivity index (χ2n) is 3.81. The Balaban J connectivity index is 2.49. The van der Waals surface area contributed by atoms with Crippen LogP contribution in [-0.4, -0.2) is 10.8 Å². The smallest absolute Gasteiger partial charge is 0.176 e. The summed E-state index contributed by atoms with van der Waals surface area (Å²) in [5.74, 6) is -0.297. The van der Waals surface area contributed by atoms with Crippen LogP contribution in [0.5, 0.6) is 0 Å². The van der Waals surface area contributed by atoms with Crippen LogP contribution in [0, 0.1) is 12.7 Å². The van der Waals surface area contributed by atoms with Gasteiger partial charge in [-0.3, -0.25) is 4.79 Å². The zero-order valence-electron chi connectivity index (χ0n) is 9.17. The zero-order valence-corrected chi connectivity index (χ0v) is 9.17. The molecular weight excluding hydrogens is 205 g/mol. The third-order valence-corrected chi connectivity index (χ3v) is 2.50. The Bertz CT molecular complexity index is 543. The van der Waals surface area contributed by atoms with Crippen molar-refractivity contribution >= 4 is 5.78 Å². The first-order valence-corrected chi connectivity index (χ1v) is 5.04. The highest BCUT2D eigenvalue weighted by Gasteiger charge is 2.09. The van der Waals surface area contributed by atoms with Crippen molar-refractivity contribution in [3.63, 3.8) is 0 Å². The van der Waals surface area contributed by atoms with Gasteiger partial charge >= 0.3 is 0 Å². The Morgan fingerprint density at radius 1 is 1.31 bits per heavy atom. The second kappa shape index (κ2) is 3.93. The molecule has 0 bridgehead atoms. The molecular formula is C13H12FNO. The van der Waals surface area contributed by atoms with Gasteiger partial charge in [0.1, 0.15) is 5.82 Å². The Hall–Kier alpha value is -1.90. The number of hydrogen-bond acceptors (Lipinski definition) is 1. The van der Waals surface area contributed by atoms with E-state index < -0.39 is 0 Å². The quantitative estimate of drug-likeness (QED) is 0.769. The van der Waals surface area contributed by atoms with Crippen LogP contribution in [0.3, 0.4) is 0 Å². The lowest BCUT2D eigenvalue weighted by Gasteiger charge is -1.97. The molecule has 1 heterocycles. The molecule has 1 aromatic carbocycles. The number of aromatic amines is 1. The molecule has 82 valence electrons. The summed E-state index contributed by atoms with van der Waals surface area (Å²) in [6, 6.07) is 8.14. The number of carbonyl (C=O) groups is 1. The van der Waals surface area contributed by atoms with Crippen molar-refractivity contribution in [2.75, 3.05) is 0 Å². The Morgan fingerprint density at radius 2 is 2.06 bits per heavy atom. The number of aryl methyl sites for hydroxylation is 1. The van der Waals surface area contributed by atoms with Gasteiger partial charge in [0.15, 0.2) is 5.78 Å². The van der Waals surface area contributed by atoms with Gasteiger partial charge in [0.05, 0.1) is 5.69 Å². The Morgan fingerprint density at radius 3 is 2.62 bits per heavy atom. The van der Waals surface area contributed by atoms with E-state index in [-0.39, 0.29) is 11.6 Å². The number of H-pyrrole nitrogens is 1. The molecule has 1 N–H and O–H groups in total. The minimum Gasteiger partial charge on any atom is -0.352 e. The van der Waals surface area contributed by atoms with Crippen LogP contribution in [0.2, 0.25) is 0 Å². The number of carbonyl (C=O) groups excluding carboxylic acids is 1. The third kappa shape index (κ3) is 1.89. The predicted molar refractivity (Wildman–Crippen MR) is 60.9 cm³/mol. The molecule has 0 fully saturated rings. The Labute approximate surface area is 93.1 Å². The van der Waals surface area contributed by atoms with E-state index >= 15 is 0 Å². The molecule has 0 amide bonds. The fraction of sp³-hybridized carbons (Fsp3) is 0.154. The van der Waals surface area contributed by atoms with E-state index in [1.165, 1.54) is 19.1 Å². The van der Waals surface area contributed by atoms with E-state index in [9.17, 15) is 9.18 Å². The standard InChI is InChI=1S/C13H12FNO/c1-8-6-12(15-13(8)9(2)16)10-4-3-5-11(14)7-10/h3-7,15H,1-2H3. The SMILES string of the molecule is CC(=O)c1[nH]c(-c2cccc(F)c2)cc1C. The summed E-state index contributed by atoms with van der Waals surface area (Å²) in [7, 11) is 0. The molecule has 1 aromatic heterocycles. The van der Waals surface area contributed by atoms with E-state index in [2.05, 4.69) is 4.98 Å². The second-order valence-corrected chi connectivity index (χ2v) is 3.81. The minimum atomic E-state index is -0.283. The van der Waals surface area contributed by atoms with Crippen LogP contribution in [0.25, 0.3) is 11.3 Å². The van der Waals surface area contributed by atoms with Crippen molar-refractivity contribution < 1.29 is 9.18 Å². The first kappa shape index (κ1) is 10.6. The van der Waals surface area contributed by atoms with Crippen molar-refractivity contribution in [2.45, 2.75) is 13.8 Å². The first-order chi connectivity index (χ1) is 7.58. The summed E-state index contributed by atoms with van der Waals surface area (Å²) in [6.45, 7) is 3.37. The maximum Gasteiger partial charge on any atom is 0.176 e. The fourth-order valence-corrected chi connectivity index (χ4v) is 1.74. The van der Waals surface area contributed by atoms with E-state index in [1.807, 2.05) is 13.0 Å².